The highest BCUT2D eigenvalue weighted by Gasteiger charge is 2.35. The van der Waals surface area contributed by atoms with E-state index in [9.17, 15) is 0 Å². The Balaban J connectivity index is 1.39. The van der Waals surface area contributed by atoms with Gasteiger partial charge in [-0.3, -0.25) is 4.99 Å². The standard InChI is InChI=1S/C10H14N4OS/c1-2-7(1)8-5-12-10(16-8)11-4-3-9-13-6-14-15-9/h6-8H,1-5H2,(H,11,12). The second-order valence-electron chi connectivity index (χ2n) is 4.15. The van der Waals surface area contributed by atoms with E-state index in [4.69, 9.17) is 4.52 Å². The van der Waals surface area contributed by atoms with Crippen LogP contribution in [0.15, 0.2) is 15.8 Å². The Morgan fingerprint density at radius 1 is 1.50 bits per heavy atom. The maximum absolute atomic E-state index is 4.92. The lowest BCUT2D eigenvalue weighted by molar-refractivity contribution is 0.377. The molecule has 1 fully saturated rings. The molecule has 0 saturated heterocycles. The highest BCUT2D eigenvalue weighted by atomic mass is 32.2. The van der Waals surface area contributed by atoms with Crippen LogP contribution in [0.4, 0.5) is 0 Å². The third-order valence-corrected chi connectivity index (χ3v) is 4.18. The van der Waals surface area contributed by atoms with Crippen LogP contribution in [0, 0.1) is 5.92 Å². The summed E-state index contributed by atoms with van der Waals surface area (Å²) in [6.45, 7) is 1.80. The third kappa shape index (κ3) is 2.37. The number of hydrogen-bond acceptors (Lipinski definition) is 6. The van der Waals surface area contributed by atoms with Crippen molar-refractivity contribution in [3.8, 4) is 0 Å². The zero-order valence-electron chi connectivity index (χ0n) is 8.93. The highest BCUT2D eigenvalue weighted by molar-refractivity contribution is 8.14. The number of aromatic nitrogens is 2. The molecule has 16 heavy (non-hydrogen) atoms. The lowest BCUT2D eigenvalue weighted by Gasteiger charge is -2.06. The lowest BCUT2D eigenvalue weighted by Crippen LogP contribution is -2.22. The van der Waals surface area contributed by atoms with Crippen LogP contribution in [0.25, 0.3) is 0 Å². The first-order valence-corrected chi connectivity index (χ1v) is 6.50. The van der Waals surface area contributed by atoms with E-state index in [-0.39, 0.29) is 0 Å². The molecule has 2 heterocycles. The van der Waals surface area contributed by atoms with Gasteiger partial charge in [-0.2, -0.15) is 4.98 Å². The van der Waals surface area contributed by atoms with Gasteiger partial charge < -0.3 is 9.84 Å². The minimum atomic E-state index is 0.676. The molecule has 0 amide bonds. The Kier molecular flexibility index (Phi) is 2.82. The molecule has 0 aromatic carbocycles. The van der Waals surface area contributed by atoms with Crippen LogP contribution < -0.4 is 5.32 Å². The Labute approximate surface area is 98.1 Å². The Morgan fingerprint density at radius 2 is 2.44 bits per heavy atom. The van der Waals surface area contributed by atoms with Crippen LogP contribution in [0.2, 0.25) is 0 Å². The molecule has 0 bridgehead atoms. The van der Waals surface area contributed by atoms with Crippen LogP contribution in [-0.4, -0.2) is 33.6 Å². The van der Waals surface area contributed by atoms with Crippen LogP contribution in [0.5, 0.6) is 0 Å². The quantitative estimate of drug-likeness (QED) is 0.850. The van der Waals surface area contributed by atoms with Crippen LogP contribution >= 0.6 is 11.8 Å². The predicted molar refractivity (Wildman–Crippen MR) is 62.4 cm³/mol. The second kappa shape index (κ2) is 4.45. The monoisotopic (exact) mass is 238 g/mol. The Bertz CT molecular complexity index is 374. The number of hydrogen-bond donors (Lipinski definition) is 1. The van der Waals surface area contributed by atoms with Crippen molar-refractivity contribution in [2.75, 3.05) is 13.1 Å². The SMILES string of the molecule is c1noc(CCNC2=NCC(C3CC3)S2)n1. The van der Waals surface area contributed by atoms with Gasteiger partial charge in [0.25, 0.3) is 0 Å². The van der Waals surface area contributed by atoms with Gasteiger partial charge in [-0.05, 0) is 18.8 Å². The van der Waals surface area contributed by atoms with E-state index in [0.29, 0.717) is 5.89 Å². The average Bonchev–Trinajstić information content (AvgIpc) is 2.83. The number of nitrogens with one attached hydrogen (secondary N) is 1. The summed E-state index contributed by atoms with van der Waals surface area (Å²) in [7, 11) is 0. The average molecular weight is 238 g/mol. The molecule has 3 rings (SSSR count). The maximum Gasteiger partial charge on any atom is 0.228 e. The van der Waals surface area contributed by atoms with Crippen molar-refractivity contribution in [1.82, 2.24) is 15.5 Å². The summed E-state index contributed by atoms with van der Waals surface area (Å²) < 4.78 is 4.92. The van der Waals surface area contributed by atoms with E-state index >= 15 is 0 Å². The molecule has 0 spiro atoms. The van der Waals surface area contributed by atoms with Crippen LogP contribution in [0.3, 0.4) is 0 Å². The maximum atomic E-state index is 4.92. The first-order chi connectivity index (χ1) is 7.92. The summed E-state index contributed by atoms with van der Waals surface area (Å²) in [6.07, 6.45) is 4.97. The minimum Gasteiger partial charge on any atom is -0.364 e. The van der Waals surface area contributed by atoms with E-state index in [1.807, 2.05) is 11.8 Å². The summed E-state index contributed by atoms with van der Waals surface area (Å²) >= 11 is 1.89. The highest BCUT2D eigenvalue weighted by Crippen LogP contribution is 2.41. The van der Waals surface area contributed by atoms with Crippen molar-refractivity contribution in [3.63, 3.8) is 0 Å². The number of thioether (sulfide) groups is 1. The fourth-order valence-electron chi connectivity index (χ4n) is 1.78. The molecule has 1 unspecified atom stereocenters. The molecule has 86 valence electrons. The molecule has 1 saturated carbocycles. The van der Waals surface area contributed by atoms with Gasteiger partial charge in [-0.25, -0.2) is 0 Å². The van der Waals surface area contributed by atoms with E-state index in [2.05, 4.69) is 20.4 Å². The fraction of sp³-hybridized carbons (Fsp3) is 0.700. The smallest absolute Gasteiger partial charge is 0.228 e. The molecule has 6 heteroatoms. The molecule has 1 aliphatic heterocycles. The zero-order chi connectivity index (χ0) is 10.8. The van der Waals surface area contributed by atoms with Gasteiger partial charge in [0.05, 0.1) is 6.54 Å². The largest absolute Gasteiger partial charge is 0.364 e. The van der Waals surface area contributed by atoms with Gasteiger partial charge in [0.2, 0.25) is 5.89 Å². The molecule has 1 aromatic rings. The lowest BCUT2D eigenvalue weighted by atomic mass is 10.3. The minimum absolute atomic E-state index is 0.676. The first kappa shape index (κ1) is 10.1. The molecule has 5 nitrogen and oxygen atoms in total. The Morgan fingerprint density at radius 3 is 3.19 bits per heavy atom. The summed E-state index contributed by atoms with van der Waals surface area (Å²) in [5.74, 6) is 1.60. The zero-order valence-corrected chi connectivity index (χ0v) is 9.74. The molecule has 1 N–H and O–H groups in total. The summed E-state index contributed by atoms with van der Waals surface area (Å²) in [6, 6.07) is 0. The summed E-state index contributed by atoms with van der Waals surface area (Å²) in [5.41, 5.74) is 0. The topological polar surface area (TPSA) is 63.3 Å². The van der Waals surface area contributed by atoms with E-state index in [0.717, 1.165) is 35.8 Å². The molecule has 1 aliphatic carbocycles. The second-order valence-corrected chi connectivity index (χ2v) is 5.38. The van der Waals surface area contributed by atoms with Gasteiger partial charge in [-0.15, -0.1) is 0 Å². The first-order valence-electron chi connectivity index (χ1n) is 5.62. The van der Waals surface area contributed by atoms with Gasteiger partial charge in [0.1, 0.15) is 0 Å². The predicted octanol–water partition coefficient (Wildman–Crippen LogP) is 1.08. The van der Waals surface area contributed by atoms with Crippen molar-refractivity contribution >= 4 is 16.9 Å². The fourth-order valence-corrected chi connectivity index (χ4v) is 3.02. The van der Waals surface area contributed by atoms with E-state index in [1.165, 1.54) is 19.2 Å². The molecular weight excluding hydrogens is 224 g/mol. The van der Waals surface area contributed by atoms with Gasteiger partial charge in [0, 0.05) is 18.2 Å². The number of rotatable bonds is 4. The number of nitrogens with zero attached hydrogens (tertiary/aromatic N) is 3. The van der Waals surface area contributed by atoms with Gasteiger partial charge in [0.15, 0.2) is 11.5 Å². The van der Waals surface area contributed by atoms with Crippen molar-refractivity contribution in [1.29, 1.82) is 0 Å². The molecule has 0 radical (unpaired) electrons. The summed E-state index contributed by atoms with van der Waals surface area (Å²) in [5, 5.41) is 8.69. The molecule has 1 aromatic heterocycles. The number of aliphatic imine (C=N–C) groups is 1. The molecule has 2 aliphatic rings. The van der Waals surface area contributed by atoms with Crippen LogP contribution in [0.1, 0.15) is 18.7 Å². The third-order valence-electron chi connectivity index (χ3n) is 2.85. The van der Waals surface area contributed by atoms with Crippen molar-refractivity contribution in [2.45, 2.75) is 24.5 Å². The van der Waals surface area contributed by atoms with Gasteiger partial charge >= 0.3 is 0 Å². The normalized spacial score (nSPS) is 24.5. The molecule has 1 atom stereocenters. The van der Waals surface area contributed by atoms with Crippen molar-refractivity contribution in [2.24, 2.45) is 10.9 Å². The number of amidine groups is 1. The molecular formula is C10H14N4OS. The van der Waals surface area contributed by atoms with Crippen LogP contribution in [-0.2, 0) is 6.42 Å². The van der Waals surface area contributed by atoms with Gasteiger partial charge in [-0.1, -0.05) is 16.9 Å². The van der Waals surface area contributed by atoms with E-state index < -0.39 is 0 Å². The van der Waals surface area contributed by atoms with Crippen molar-refractivity contribution in [3.05, 3.63) is 12.2 Å². The van der Waals surface area contributed by atoms with E-state index in [1.54, 1.807) is 0 Å². The van der Waals surface area contributed by atoms with Crippen molar-refractivity contribution < 1.29 is 4.52 Å². The summed E-state index contributed by atoms with van der Waals surface area (Å²) in [4.78, 5) is 8.47. The Hall–Kier alpha value is -1.04.